The zero-order valence-corrected chi connectivity index (χ0v) is 13.0. The lowest BCUT2D eigenvalue weighted by molar-refractivity contribution is -0.146. The van der Waals surface area contributed by atoms with Crippen molar-refractivity contribution in [2.75, 3.05) is 0 Å². The molecule has 0 saturated carbocycles. The highest BCUT2D eigenvalue weighted by molar-refractivity contribution is 5.91. The molecule has 0 aliphatic rings. The predicted octanol–water partition coefficient (Wildman–Crippen LogP) is 2.27. The first kappa shape index (κ1) is 16.4. The van der Waals surface area contributed by atoms with E-state index in [9.17, 15) is 19.8 Å². The molecule has 0 fully saturated rings. The number of aromatic carboxylic acids is 1. The third-order valence-corrected chi connectivity index (χ3v) is 3.47. The molecule has 2 N–H and O–H groups in total. The Bertz CT molecular complexity index is 773. The maximum atomic E-state index is 11.4. The molecule has 1 aromatic heterocycles. The van der Waals surface area contributed by atoms with Crippen molar-refractivity contribution in [3.8, 4) is 0 Å². The van der Waals surface area contributed by atoms with Crippen LogP contribution in [0.3, 0.4) is 0 Å². The van der Waals surface area contributed by atoms with Crippen LogP contribution in [0.25, 0.3) is 12.2 Å². The minimum Gasteiger partial charge on any atom is -0.479 e. The van der Waals surface area contributed by atoms with Crippen molar-refractivity contribution in [3.05, 3.63) is 46.8 Å². The summed E-state index contributed by atoms with van der Waals surface area (Å²) in [4.78, 5) is 22.7. The van der Waals surface area contributed by atoms with Gasteiger partial charge in [-0.25, -0.2) is 14.3 Å². The number of benzene rings is 1. The molecule has 2 aromatic rings. The Kier molecular flexibility index (Phi) is 4.31. The number of hydrogen-bond donors (Lipinski definition) is 2. The van der Waals surface area contributed by atoms with Gasteiger partial charge in [0.25, 0.3) is 0 Å². The third kappa shape index (κ3) is 3.28. The largest absolute Gasteiger partial charge is 0.479 e. The van der Waals surface area contributed by atoms with Crippen LogP contribution in [0.5, 0.6) is 0 Å². The molecule has 0 spiro atoms. The highest BCUT2D eigenvalue weighted by Gasteiger charge is 2.34. The van der Waals surface area contributed by atoms with Gasteiger partial charge in [0.1, 0.15) is 0 Å². The van der Waals surface area contributed by atoms with Crippen LogP contribution in [-0.2, 0) is 10.3 Å². The fraction of sp³-hybridized carbons (Fsp3) is 0.250. The van der Waals surface area contributed by atoms with Crippen LogP contribution in [0.4, 0.5) is 0 Å². The fourth-order valence-corrected chi connectivity index (χ4v) is 1.95. The number of carboxylic acids is 2. The van der Waals surface area contributed by atoms with E-state index < -0.39 is 17.5 Å². The molecule has 23 heavy (non-hydrogen) atoms. The molecule has 1 aromatic carbocycles. The van der Waals surface area contributed by atoms with Gasteiger partial charge in [-0.05, 0) is 32.4 Å². The van der Waals surface area contributed by atoms with Crippen LogP contribution >= 0.6 is 0 Å². The van der Waals surface area contributed by atoms with Crippen molar-refractivity contribution in [2.24, 2.45) is 0 Å². The topological polar surface area (TPSA) is 105 Å². The monoisotopic (exact) mass is 315 g/mol. The summed E-state index contributed by atoms with van der Waals surface area (Å²) in [5, 5.41) is 25.8. The van der Waals surface area contributed by atoms with Crippen molar-refractivity contribution in [3.63, 3.8) is 0 Å². The molecule has 0 atom stereocenters. The zero-order chi connectivity index (χ0) is 17.2. The van der Waals surface area contributed by atoms with Crippen LogP contribution in [0.1, 0.15) is 41.2 Å². The average Bonchev–Trinajstić information content (AvgIpc) is 2.91. The summed E-state index contributed by atoms with van der Waals surface area (Å²) in [6, 6.07) is 7.61. The van der Waals surface area contributed by atoms with Crippen LogP contribution in [-0.4, -0.2) is 37.1 Å². The van der Waals surface area contributed by atoms with Gasteiger partial charge >= 0.3 is 11.9 Å². The molecule has 0 amide bonds. The minimum absolute atomic E-state index is 0.130. The first-order valence-electron chi connectivity index (χ1n) is 6.91. The van der Waals surface area contributed by atoms with E-state index in [1.54, 1.807) is 6.08 Å². The first-order valence-corrected chi connectivity index (χ1v) is 6.91. The minimum atomic E-state index is -1.42. The number of hydrogen-bond acceptors (Lipinski definition) is 4. The molecule has 0 bridgehead atoms. The van der Waals surface area contributed by atoms with Gasteiger partial charge in [-0.3, -0.25) is 0 Å². The van der Waals surface area contributed by atoms with Crippen LogP contribution in [0.15, 0.2) is 24.3 Å². The van der Waals surface area contributed by atoms with Gasteiger partial charge in [-0.2, -0.15) is 0 Å². The Morgan fingerprint density at radius 3 is 2.26 bits per heavy atom. The first-order chi connectivity index (χ1) is 10.7. The normalized spacial score (nSPS) is 11.8. The van der Waals surface area contributed by atoms with E-state index in [0.717, 1.165) is 15.8 Å². The number of nitrogens with zero attached hydrogens (tertiary/aromatic N) is 3. The van der Waals surface area contributed by atoms with E-state index in [1.165, 1.54) is 19.9 Å². The van der Waals surface area contributed by atoms with Crippen LogP contribution in [0.2, 0.25) is 0 Å². The van der Waals surface area contributed by atoms with E-state index in [2.05, 4.69) is 10.3 Å². The van der Waals surface area contributed by atoms with Crippen molar-refractivity contribution < 1.29 is 19.8 Å². The molecule has 0 aliphatic heterocycles. The number of carboxylic acid groups (broad SMARTS) is 2. The number of aryl methyl sites for hydroxylation is 1. The van der Waals surface area contributed by atoms with Gasteiger partial charge < -0.3 is 10.2 Å². The Morgan fingerprint density at radius 2 is 1.74 bits per heavy atom. The maximum Gasteiger partial charge on any atom is 0.358 e. The molecule has 120 valence electrons. The fourth-order valence-electron chi connectivity index (χ4n) is 1.95. The van der Waals surface area contributed by atoms with E-state index in [-0.39, 0.29) is 11.4 Å². The van der Waals surface area contributed by atoms with Crippen molar-refractivity contribution in [1.82, 2.24) is 15.0 Å². The molecule has 7 nitrogen and oxygen atoms in total. The Balaban J connectivity index is 2.51. The lowest BCUT2D eigenvalue weighted by atomic mass is 10.1. The second-order valence-electron chi connectivity index (χ2n) is 5.65. The van der Waals surface area contributed by atoms with Gasteiger partial charge in [0.15, 0.2) is 11.2 Å². The molecule has 0 radical (unpaired) electrons. The average molecular weight is 315 g/mol. The highest BCUT2D eigenvalue weighted by atomic mass is 16.4. The van der Waals surface area contributed by atoms with E-state index in [4.69, 9.17) is 0 Å². The standard InChI is InChI=1S/C16H17N3O4/c1-10-4-6-11(7-5-10)8-9-12-13(14(20)21)17-18-19(12)16(2,3)15(22)23/h4-9H,1-3H3,(H,20,21)(H,22,23)/b9-8+. The van der Waals surface area contributed by atoms with E-state index in [0.29, 0.717) is 0 Å². The van der Waals surface area contributed by atoms with Crippen molar-refractivity contribution >= 4 is 24.1 Å². The summed E-state index contributed by atoms with van der Waals surface area (Å²) in [5.41, 5.74) is 0.376. The van der Waals surface area contributed by atoms with Gasteiger partial charge in [0.2, 0.25) is 0 Å². The quantitative estimate of drug-likeness (QED) is 0.877. The summed E-state index contributed by atoms with van der Waals surface area (Å²) in [5.74, 6) is -2.40. The lowest BCUT2D eigenvalue weighted by Gasteiger charge is -2.20. The zero-order valence-electron chi connectivity index (χ0n) is 13.0. The summed E-state index contributed by atoms with van der Waals surface area (Å²) in [6.07, 6.45) is 3.21. The van der Waals surface area contributed by atoms with E-state index >= 15 is 0 Å². The number of carbonyl (C=O) groups is 2. The molecule has 0 aliphatic carbocycles. The summed E-state index contributed by atoms with van der Waals surface area (Å²) < 4.78 is 1.10. The van der Waals surface area contributed by atoms with Crippen molar-refractivity contribution in [1.29, 1.82) is 0 Å². The summed E-state index contributed by atoms with van der Waals surface area (Å²) in [6.45, 7) is 4.82. The lowest BCUT2D eigenvalue weighted by Crippen LogP contribution is -2.37. The summed E-state index contributed by atoms with van der Waals surface area (Å²) >= 11 is 0. The van der Waals surface area contributed by atoms with Crippen LogP contribution < -0.4 is 0 Å². The molecule has 0 saturated heterocycles. The van der Waals surface area contributed by atoms with Gasteiger partial charge in [0.05, 0.1) is 5.69 Å². The maximum absolute atomic E-state index is 11.4. The number of rotatable bonds is 5. The Labute approximate surface area is 132 Å². The van der Waals surface area contributed by atoms with Gasteiger partial charge in [0, 0.05) is 0 Å². The molecule has 1 heterocycles. The Hall–Kier alpha value is -2.96. The predicted molar refractivity (Wildman–Crippen MR) is 84.0 cm³/mol. The molecule has 2 rings (SSSR count). The smallest absolute Gasteiger partial charge is 0.358 e. The summed E-state index contributed by atoms with van der Waals surface area (Å²) in [7, 11) is 0. The Morgan fingerprint density at radius 1 is 1.13 bits per heavy atom. The molecule has 7 heteroatoms. The van der Waals surface area contributed by atoms with Gasteiger partial charge in [-0.15, -0.1) is 5.10 Å². The van der Waals surface area contributed by atoms with E-state index in [1.807, 2.05) is 31.2 Å². The second kappa shape index (κ2) is 6.04. The number of aromatic nitrogens is 3. The van der Waals surface area contributed by atoms with Gasteiger partial charge in [-0.1, -0.05) is 41.1 Å². The van der Waals surface area contributed by atoms with Crippen LogP contribution in [0, 0.1) is 6.92 Å². The number of aliphatic carboxylic acids is 1. The highest BCUT2D eigenvalue weighted by Crippen LogP contribution is 2.21. The third-order valence-electron chi connectivity index (χ3n) is 3.47. The second-order valence-corrected chi connectivity index (χ2v) is 5.65. The SMILES string of the molecule is Cc1ccc(/C=C/c2c(C(=O)O)nnn2C(C)(C)C(=O)O)cc1. The molecular formula is C16H17N3O4. The molecule has 0 unspecified atom stereocenters. The molecular weight excluding hydrogens is 298 g/mol. The van der Waals surface area contributed by atoms with Crippen molar-refractivity contribution in [2.45, 2.75) is 26.3 Å².